The van der Waals surface area contributed by atoms with E-state index in [0.29, 0.717) is 0 Å². The molecule has 0 fully saturated rings. The Labute approximate surface area is 130 Å². The van der Waals surface area contributed by atoms with E-state index in [9.17, 15) is 0 Å². The number of hydrogen-bond donors (Lipinski definition) is 1. The highest BCUT2D eigenvalue weighted by molar-refractivity contribution is 7.98. The smallest absolute Gasteiger partial charge is 0.104 e. The van der Waals surface area contributed by atoms with Crippen LogP contribution in [-0.2, 0) is 18.6 Å². The van der Waals surface area contributed by atoms with E-state index >= 15 is 0 Å². The van der Waals surface area contributed by atoms with Crippen LogP contribution < -0.4 is 0 Å². The summed E-state index contributed by atoms with van der Waals surface area (Å²) < 4.78 is 0. The predicted octanol–water partition coefficient (Wildman–Crippen LogP) is 3.81. The van der Waals surface area contributed by atoms with Gasteiger partial charge in [0.25, 0.3) is 0 Å². The molecule has 1 N–H and O–H groups in total. The van der Waals surface area contributed by atoms with Gasteiger partial charge in [-0.15, -0.1) is 11.8 Å². The molecule has 0 bridgehead atoms. The maximum atomic E-state index is 8.84. The van der Waals surface area contributed by atoms with Gasteiger partial charge in [-0.1, -0.05) is 36.1 Å². The standard InChI is InChI=1S/C19H18OS/c20-12-4-9-15-5-1-2-6-18(15)14-21-19-11-10-16-7-3-8-17(16)13-19/h1-2,5-6,10-11,13,20H,3,7-8,12,14H2. The van der Waals surface area contributed by atoms with Crippen LogP contribution in [0.15, 0.2) is 47.4 Å². The first kappa shape index (κ1) is 14.3. The van der Waals surface area contributed by atoms with E-state index in [1.807, 2.05) is 30.0 Å². The number of thioether (sulfide) groups is 1. The fourth-order valence-electron chi connectivity index (χ4n) is 2.70. The second kappa shape index (κ2) is 6.85. The Morgan fingerprint density at radius 1 is 1.05 bits per heavy atom. The minimum atomic E-state index is -0.0910. The highest BCUT2D eigenvalue weighted by atomic mass is 32.2. The van der Waals surface area contributed by atoms with Gasteiger partial charge in [0, 0.05) is 16.2 Å². The minimum Gasteiger partial charge on any atom is -0.384 e. The Hall–Kier alpha value is -1.69. The minimum absolute atomic E-state index is 0.0910. The van der Waals surface area contributed by atoms with Crippen LogP contribution in [0, 0.1) is 11.8 Å². The Morgan fingerprint density at radius 2 is 1.90 bits per heavy atom. The fraction of sp³-hybridized carbons (Fsp3) is 0.263. The summed E-state index contributed by atoms with van der Waals surface area (Å²) in [5.41, 5.74) is 5.28. The zero-order valence-corrected chi connectivity index (χ0v) is 12.7. The number of aliphatic hydroxyl groups excluding tert-OH is 1. The molecule has 0 heterocycles. The summed E-state index contributed by atoms with van der Waals surface area (Å²) in [4.78, 5) is 1.33. The normalized spacial score (nSPS) is 12.6. The van der Waals surface area contributed by atoms with Gasteiger partial charge in [-0.2, -0.15) is 0 Å². The third kappa shape index (κ3) is 3.50. The largest absolute Gasteiger partial charge is 0.384 e. The lowest BCUT2D eigenvalue weighted by Gasteiger charge is -2.07. The lowest BCUT2D eigenvalue weighted by molar-refractivity contribution is 0.350. The summed E-state index contributed by atoms with van der Waals surface area (Å²) in [5.74, 6) is 6.67. The topological polar surface area (TPSA) is 20.2 Å². The molecular weight excluding hydrogens is 276 g/mol. The summed E-state index contributed by atoms with van der Waals surface area (Å²) in [6, 6.07) is 15.0. The van der Waals surface area contributed by atoms with Gasteiger partial charge in [0.1, 0.15) is 6.61 Å². The summed E-state index contributed by atoms with van der Waals surface area (Å²) in [7, 11) is 0. The third-order valence-electron chi connectivity index (χ3n) is 3.78. The van der Waals surface area contributed by atoms with E-state index in [0.717, 1.165) is 11.3 Å². The quantitative estimate of drug-likeness (QED) is 0.686. The van der Waals surface area contributed by atoms with Crippen molar-refractivity contribution < 1.29 is 5.11 Å². The van der Waals surface area contributed by atoms with Crippen molar-refractivity contribution in [2.45, 2.75) is 29.9 Å². The van der Waals surface area contributed by atoms with Crippen LogP contribution in [0.5, 0.6) is 0 Å². The molecule has 3 rings (SSSR count). The van der Waals surface area contributed by atoms with Gasteiger partial charge < -0.3 is 5.11 Å². The van der Waals surface area contributed by atoms with Crippen LogP contribution in [0.4, 0.5) is 0 Å². The van der Waals surface area contributed by atoms with Crippen LogP contribution >= 0.6 is 11.8 Å². The number of hydrogen-bond acceptors (Lipinski definition) is 2. The molecule has 0 saturated heterocycles. The average molecular weight is 294 g/mol. The number of benzene rings is 2. The summed E-state index contributed by atoms with van der Waals surface area (Å²) in [5, 5.41) is 8.84. The van der Waals surface area contributed by atoms with Crippen LogP contribution in [0.2, 0.25) is 0 Å². The highest BCUT2D eigenvalue weighted by Gasteiger charge is 2.11. The van der Waals surface area contributed by atoms with Crippen LogP contribution in [0.3, 0.4) is 0 Å². The van der Waals surface area contributed by atoms with Crippen molar-refractivity contribution in [3.63, 3.8) is 0 Å². The van der Waals surface area contributed by atoms with Crippen molar-refractivity contribution in [3.8, 4) is 11.8 Å². The van der Waals surface area contributed by atoms with Crippen molar-refractivity contribution in [3.05, 3.63) is 64.7 Å². The first-order valence-electron chi connectivity index (χ1n) is 7.29. The first-order chi connectivity index (χ1) is 10.4. The fourth-order valence-corrected chi connectivity index (χ4v) is 3.67. The van der Waals surface area contributed by atoms with E-state index < -0.39 is 0 Å². The Bertz CT molecular complexity index is 694. The van der Waals surface area contributed by atoms with E-state index in [2.05, 4.69) is 36.1 Å². The van der Waals surface area contributed by atoms with Crippen molar-refractivity contribution in [2.75, 3.05) is 6.61 Å². The molecule has 0 spiro atoms. The molecule has 106 valence electrons. The summed E-state index contributed by atoms with van der Waals surface area (Å²) >= 11 is 1.86. The monoisotopic (exact) mass is 294 g/mol. The second-order valence-electron chi connectivity index (χ2n) is 5.19. The van der Waals surface area contributed by atoms with Crippen molar-refractivity contribution in [1.82, 2.24) is 0 Å². The Kier molecular flexibility index (Phi) is 4.65. The molecule has 1 nitrogen and oxygen atoms in total. The molecule has 1 aliphatic carbocycles. The lowest BCUT2D eigenvalue weighted by Crippen LogP contribution is -1.88. The first-order valence-corrected chi connectivity index (χ1v) is 8.27. The predicted molar refractivity (Wildman–Crippen MR) is 88.4 cm³/mol. The molecule has 0 unspecified atom stereocenters. The molecule has 0 aliphatic heterocycles. The van der Waals surface area contributed by atoms with Crippen LogP contribution in [0.1, 0.15) is 28.7 Å². The van der Waals surface area contributed by atoms with Crippen LogP contribution in [-0.4, -0.2) is 11.7 Å². The van der Waals surface area contributed by atoms with Crippen molar-refractivity contribution in [1.29, 1.82) is 0 Å². The summed E-state index contributed by atoms with van der Waals surface area (Å²) in [6.45, 7) is -0.0910. The zero-order valence-electron chi connectivity index (χ0n) is 11.9. The van der Waals surface area contributed by atoms with Gasteiger partial charge in [0.2, 0.25) is 0 Å². The molecular formula is C19H18OS. The SMILES string of the molecule is OCC#Cc1ccccc1CSc1ccc2c(c1)CCC2. The van der Waals surface area contributed by atoms with E-state index in [-0.39, 0.29) is 6.61 Å². The number of aryl methyl sites for hydroxylation is 2. The van der Waals surface area contributed by atoms with Gasteiger partial charge in [-0.3, -0.25) is 0 Å². The number of fused-ring (bicyclic) bond motifs is 1. The number of aliphatic hydroxyl groups is 1. The lowest BCUT2D eigenvalue weighted by atomic mass is 10.1. The van der Waals surface area contributed by atoms with E-state index in [4.69, 9.17) is 5.11 Å². The van der Waals surface area contributed by atoms with Gasteiger partial charge in [-0.25, -0.2) is 0 Å². The van der Waals surface area contributed by atoms with Gasteiger partial charge in [0.15, 0.2) is 0 Å². The van der Waals surface area contributed by atoms with Crippen molar-refractivity contribution in [2.24, 2.45) is 0 Å². The van der Waals surface area contributed by atoms with Gasteiger partial charge >= 0.3 is 0 Å². The highest BCUT2D eigenvalue weighted by Crippen LogP contribution is 2.29. The molecule has 0 amide bonds. The third-order valence-corrected chi connectivity index (χ3v) is 4.83. The average Bonchev–Trinajstić information content (AvgIpc) is 2.99. The van der Waals surface area contributed by atoms with Gasteiger partial charge in [-0.05, 0) is 54.2 Å². The second-order valence-corrected chi connectivity index (χ2v) is 6.24. The Balaban J connectivity index is 1.73. The molecule has 2 aromatic rings. The summed E-state index contributed by atoms with van der Waals surface area (Å²) in [6.07, 6.45) is 3.76. The van der Waals surface area contributed by atoms with Crippen LogP contribution in [0.25, 0.3) is 0 Å². The maximum Gasteiger partial charge on any atom is 0.104 e. The molecule has 0 radical (unpaired) electrons. The molecule has 2 aromatic carbocycles. The van der Waals surface area contributed by atoms with E-state index in [1.54, 1.807) is 0 Å². The van der Waals surface area contributed by atoms with Gasteiger partial charge in [0.05, 0.1) is 0 Å². The Morgan fingerprint density at radius 3 is 2.81 bits per heavy atom. The molecule has 0 aromatic heterocycles. The maximum absolute atomic E-state index is 8.84. The molecule has 0 atom stereocenters. The molecule has 1 aliphatic rings. The molecule has 2 heteroatoms. The molecule has 21 heavy (non-hydrogen) atoms. The molecule has 0 saturated carbocycles. The zero-order chi connectivity index (χ0) is 14.5. The van der Waals surface area contributed by atoms with E-state index in [1.165, 1.54) is 40.8 Å². The number of rotatable bonds is 3. The van der Waals surface area contributed by atoms with Crippen molar-refractivity contribution >= 4 is 11.8 Å².